The molecule has 0 aromatic rings. The summed E-state index contributed by atoms with van der Waals surface area (Å²) in [5, 5.41) is 9.60. The normalized spacial score (nSPS) is 15.6. The Labute approximate surface area is 67.3 Å². The van der Waals surface area contributed by atoms with Crippen molar-refractivity contribution in [3.8, 4) is 0 Å². The number of hydrogen-bond acceptors (Lipinski definition) is 1. The van der Waals surface area contributed by atoms with E-state index in [-0.39, 0.29) is 18.4 Å². The Balaban J connectivity index is 0.000000810. The standard InChI is InChI=1S/C6H13N3.ClH/c7-6(8)9-4-3-5-1-2-5;/h5H,1-4H2,(H4,7,8,9);1H. The molecule has 0 unspecified atom stereocenters. The van der Waals surface area contributed by atoms with Gasteiger partial charge in [-0.15, -0.1) is 12.4 Å². The van der Waals surface area contributed by atoms with Crippen molar-refractivity contribution in [2.24, 2.45) is 11.7 Å². The zero-order valence-electron chi connectivity index (χ0n) is 5.89. The van der Waals surface area contributed by atoms with E-state index >= 15 is 0 Å². The van der Waals surface area contributed by atoms with Gasteiger partial charge in [-0.05, 0) is 12.3 Å². The summed E-state index contributed by atoms with van der Waals surface area (Å²) in [6, 6.07) is 0. The van der Waals surface area contributed by atoms with Gasteiger partial charge in [-0.2, -0.15) is 0 Å². The highest BCUT2D eigenvalue weighted by Gasteiger charge is 2.19. The fraction of sp³-hybridized carbons (Fsp3) is 0.833. The van der Waals surface area contributed by atoms with Crippen molar-refractivity contribution in [3.05, 3.63) is 0 Å². The molecule has 10 heavy (non-hydrogen) atoms. The lowest BCUT2D eigenvalue weighted by Crippen LogP contribution is -2.31. The summed E-state index contributed by atoms with van der Waals surface area (Å²) in [6.45, 7) is 0.875. The molecular formula is C6H14ClN3. The first-order chi connectivity index (χ1) is 4.29. The van der Waals surface area contributed by atoms with Gasteiger partial charge in [0.1, 0.15) is 0 Å². The van der Waals surface area contributed by atoms with Crippen LogP contribution in [0.25, 0.3) is 0 Å². The minimum Gasteiger partial charge on any atom is -0.370 e. The number of nitrogens with one attached hydrogen (secondary N) is 2. The molecule has 1 rings (SSSR count). The average molecular weight is 164 g/mol. The molecule has 1 saturated carbocycles. The van der Waals surface area contributed by atoms with E-state index in [0.29, 0.717) is 0 Å². The van der Waals surface area contributed by atoms with Crippen LogP contribution in [-0.2, 0) is 0 Å². The first-order valence-corrected chi connectivity index (χ1v) is 3.37. The van der Waals surface area contributed by atoms with Gasteiger partial charge in [0.05, 0.1) is 0 Å². The van der Waals surface area contributed by atoms with E-state index in [1.54, 1.807) is 0 Å². The zero-order valence-corrected chi connectivity index (χ0v) is 6.71. The highest BCUT2D eigenvalue weighted by atomic mass is 35.5. The smallest absolute Gasteiger partial charge is 0.185 e. The van der Waals surface area contributed by atoms with Crippen molar-refractivity contribution in [3.63, 3.8) is 0 Å². The van der Waals surface area contributed by atoms with Gasteiger partial charge in [0, 0.05) is 6.54 Å². The van der Waals surface area contributed by atoms with Gasteiger partial charge in [0.15, 0.2) is 5.96 Å². The van der Waals surface area contributed by atoms with Crippen LogP contribution in [0, 0.1) is 11.3 Å². The van der Waals surface area contributed by atoms with Crippen molar-refractivity contribution in [2.45, 2.75) is 19.3 Å². The lowest BCUT2D eigenvalue weighted by molar-refractivity contribution is 0.696. The summed E-state index contributed by atoms with van der Waals surface area (Å²) in [7, 11) is 0. The highest BCUT2D eigenvalue weighted by Crippen LogP contribution is 2.31. The van der Waals surface area contributed by atoms with E-state index in [1.165, 1.54) is 19.3 Å². The van der Waals surface area contributed by atoms with E-state index in [9.17, 15) is 0 Å². The average Bonchev–Trinajstić information content (AvgIpc) is 2.48. The van der Waals surface area contributed by atoms with Crippen LogP contribution < -0.4 is 11.1 Å². The molecule has 0 bridgehead atoms. The molecule has 0 amide bonds. The Kier molecular flexibility index (Phi) is 4.19. The number of rotatable bonds is 3. The summed E-state index contributed by atoms with van der Waals surface area (Å²) < 4.78 is 0. The SMILES string of the molecule is Cl.N=C(N)NCCC1CC1. The Bertz CT molecular complexity index is 112. The van der Waals surface area contributed by atoms with Crippen LogP contribution in [0.5, 0.6) is 0 Å². The molecule has 4 heteroatoms. The van der Waals surface area contributed by atoms with Crippen molar-refractivity contribution >= 4 is 18.4 Å². The zero-order chi connectivity index (χ0) is 6.69. The van der Waals surface area contributed by atoms with E-state index in [4.69, 9.17) is 11.1 Å². The molecule has 0 spiro atoms. The van der Waals surface area contributed by atoms with Gasteiger partial charge >= 0.3 is 0 Å². The van der Waals surface area contributed by atoms with Crippen LogP contribution in [0.15, 0.2) is 0 Å². The van der Waals surface area contributed by atoms with Crippen LogP contribution in [0.1, 0.15) is 19.3 Å². The largest absolute Gasteiger partial charge is 0.370 e. The summed E-state index contributed by atoms with van der Waals surface area (Å²) in [5.74, 6) is 1.02. The predicted molar refractivity (Wildman–Crippen MR) is 44.5 cm³/mol. The van der Waals surface area contributed by atoms with Crippen LogP contribution >= 0.6 is 12.4 Å². The van der Waals surface area contributed by atoms with Gasteiger partial charge in [0.2, 0.25) is 0 Å². The second-order valence-electron chi connectivity index (χ2n) is 2.57. The Morgan fingerprint density at radius 1 is 1.60 bits per heavy atom. The number of hydrogen-bond donors (Lipinski definition) is 3. The van der Waals surface area contributed by atoms with E-state index < -0.39 is 0 Å². The van der Waals surface area contributed by atoms with Crippen molar-refractivity contribution < 1.29 is 0 Å². The fourth-order valence-electron chi connectivity index (χ4n) is 0.817. The molecule has 1 fully saturated rings. The molecule has 1 aliphatic carbocycles. The molecule has 0 heterocycles. The first-order valence-electron chi connectivity index (χ1n) is 3.37. The molecule has 4 N–H and O–H groups in total. The number of nitrogens with two attached hydrogens (primary N) is 1. The number of guanidine groups is 1. The Morgan fingerprint density at radius 2 is 2.20 bits per heavy atom. The molecule has 60 valence electrons. The lowest BCUT2D eigenvalue weighted by Gasteiger charge is -2.00. The maximum atomic E-state index is 6.83. The molecule has 0 radical (unpaired) electrons. The Morgan fingerprint density at radius 3 is 2.60 bits per heavy atom. The topological polar surface area (TPSA) is 61.9 Å². The van der Waals surface area contributed by atoms with Crippen molar-refractivity contribution in [2.75, 3.05) is 6.54 Å². The maximum absolute atomic E-state index is 6.83. The summed E-state index contributed by atoms with van der Waals surface area (Å²) in [4.78, 5) is 0. The maximum Gasteiger partial charge on any atom is 0.185 e. The van der Waals surface area contributed by atoms with Crippen LogP contribution in [-0.4, -0.2) is 12.5 Å². The third-order valence-electron chi connectivity index (χ3n) is 1.56. The first kappa shape index (κ1) is 9.56. The van der Waals surface area contributed by atoms with Crippen LogP contribution in [0.2, 0.25) is 0 Å². The molecule has 1 aliphatic rings. The van der Waals surface area contributed by atoms with E-state index in [1.807, 2.05) is 0 Å². The third kappa shape index (κ3) is 4.44. The molecule has 0 saturated heterocycles. The minimum absolute atomic E-state index is 0. The second kappa shape index (κ2) is 4.39. The second-order valence-corrected chi connectivity index (χ2v) is 2.57. The molecule has 0 atom stereocenters. The highest BCUT2D eigenvalue weighted by molar-refractivity contribution is 5.85. The van der Waals surface area contributed by atoms with E-state index in [2.05, 4.69) is 5.32 Å². The van der Waals surface area contributed by atoms with Crippen LogP contribution in [0.3, 0.4) is 0 Å². The van der Waals surface area contributed by atoms with Gasteiger partial charge < -0.3 is 11.1 Å². The minimum atomic E-state index is 0. The summed E-state index contributed by atoms with van der Waals surface area (Å²) in [6.07, 6.45) is 3.93. The van der Waals surface area contributed by atoms with E-state index in [0.717, 1.165) is 12.5 Å². The number of halogens is 1. The van der Waals surface area contributed by atoms with Gasteiger partial charge in [-0.25, -0.2) is 0 Å². The molecule has 0 aromatic carbocycles. The lowest BCUT2D eigenvalue weighted by atomic mass is 10.3. The van der Waals surface area contributed by atoms with Gasteiger partial charge in [0.25, 0.3) is 0 Å². The van der Waals surface area contributed by atoms with Crippen LogP contribution in [0.4, 0.5) is 0 Å². The quantitative estimate of drug-likeness (QED) is 0.424. The van der Waals surface area contributed by atoms with Gasteiger partial charge in [-0.3, -0.25) is 5.41 Å². The van der Waals surface area contributed by atoms with Crippen molar-refractivity contribution in [1.82, 2.24) is 5.32 Å². The monoisotopic (exact) mass is 163 g/mol. The molecule has 0 aromatic heterocycles. The Hall–Kier alpha value is -0.440. The predicted octanol–water partition coefficient (Wildman–Crippen LogP) is 0.691. The van der Waals surface area contributed by atoms with Gasteiger partial charge in [-0.1, -0.05) is 12.8 Å². The summed E-state index contributed by atoms with van der Waals surface area (Å²) in [5.41, 5.74) is 5.07. The van der Waals surface area contributed by atoms with Crippen molar-refractivity contribution in [1.29, 1.82) is 5.41 Å². The third-order valence-corrected chi connectivity index (χ3v) is 1.56. The molecule has 3 nitrogen and oxygen atoms in total. The fourth-order valence-corrected chi connectivity index (χ4v) is 0.817. The molecule has 0 aliphatic heterocycles. The molecular weight excluding hydrogens is 150 g/mol. The summed E-state index contributed by atoms with van der Waals surface area (Å²) >= 11 is 0.